The number of benzene rings is 2. The van der Waals surface area contributed by atoms with E-state index < -0.39 is 6.09 Å². The summed E-state index contributed by atoms with van der Waals surface area (Å²) in [4.78, 5) is 37.2. The second-order valence-electron chi connectivity index (χ2n) is 7.53. The second kappa shape index (κ2) is 10.5. The number of para-hydroxylation sites is 1. The van der Waals surface area contributed by atoms with Crippen molar-refractivity contribution >= 4 is 23.8 Å². The summed E-state index contributed by atoms with van der Waals surface area (Å²) in [5.74, 6) is 1.05. The molecule has 10 heteroatoms. The second-order valence-corrected chi connectivity index (χ2v) is 7.53. The smallest absolute Gasteiger partial charge is 0.409 e. The van der Waals surface area contributed by atoms with Crippen LogP contribution in [-0.2, 0) is 4.74 Å². The number of nitrogens with one attached hydrogen (secondary N) is 1. The van der Waals surface area contributed by atoms with Crippen LogP contribution in [0.5, 0.6) is 5.75 Å². The molecule has 176 valence electrons. The fourth-order valence-corrected chi connectivity index (χ4v) is 3.57. The zero-order chi connectivity index (χ0) is 23.9. The van der Waals surface area contributed by atoms with Crippen LogP contribution in [0.25, 0.3) is 11.1 Å². The fourth-order valence-electron chi connectivity index (χ4n) is 3.57. The lowest BCUT2D eigenvalue weighted by atomic mass is 10.1. The van der Waals surface area contributed by atoms with Crippen molar-refractivity contribution < 1.29 is 19.1 Å². The Morgan fingerprint density at radius 1 is 0.853 bits per heavy atom. The van der Waals surface area contributed by atoms with Crippen LogP contribution in [0, 0.1) is 0 Å². The molecule has 0 atom stereocenters. The van der Waals surface area contributed by atoms with Gasteiger partial charge in [-0.25, -0.2) is 24.6 Å². The highest BCUT2D eigenvalue weighted by molar-refractivity contribution is 5.93. The molecular formula is C24H26N6O4. The maximum atomic E-state index is 13.4. The van der Waals surface area contributed by atoms with Crippen molar-refractivity contribution in [1.29, 1.82) is 0 Å². The lowest BCUT2D eigenvalue weighted by Gasteiger charge is -2.36. The Morgan fingerprint density at radius 2 is 1.47 bits per heavy atom. The largest absolute Gasteiger partial charge is 0.497 e. The van der Waals surface area contributed by atoms with Crippen molar-refractivity contribution in [2.75, 3.05) is 50.8 Å². The van der Waals surface area contributed by atoms with Crippen LogP contribution < -0.4 is 15.2 Å². The molecule has 1 N–H and O–H groups in total. The first-order chi connectivity index (χ1) is 16.6. The van der Waals surface area contributed by atoms with Crippen molar-refractivity contribution in [3.05, 3.63) is 67.0 Å². The molecule has 0 unspecified atom stereocenters. The van der Waals surface area contributed by atoms with E-state index in [0.29, 0.717) is 31.9 Å². The van der Waals surface area contributed by atoms with E-state index in [1.165, 1.54) is 12.1 Å². The van der Waals surface area contributed by atoms with Crippen LogP contribution in [0.15, 0.2) is 67.0 Å². The van der Waals surface area contributed by atoms with Crippen molar-refractivity contribution in [1.82, 2.24) is 19.8 Å². The van der Waals surface area contributed by atoms with E-state index in [2.05, 4.69) is 15.4 Å². The standard InChI is InChI=1S/C24H26N6O4/c1-33-21-10-8-18(9-11-21)19-16-25-22(26-17-19)27-30(20-6-4-3-5-7-20)23(31)28-12-14-29(15-13-28)24(32)34-2/h3-11,16-17H,12-15H2,1-2H3,(H,25,26,27). The Hall–Kier alpha value is -4.34. The maximum Gasteiger partial charge on any atom is 0.409 e. The summed E-state index contributed by atoms with van der Waals surface area (Å²) in [6.45, 7) is 1.56. The molecule has 0 saturated carbocycles. The number of ether oxygens (including phenoxy) is 2. The van der Waals surface area contributed by atoms with E-state index in [1.807, 2.05) is 54.6 Å². The lowest BCUT2D eigenvalue weighted by molar-refractivity contribution is 0.0984. The van der Waals surface area contributed by atoms with Gasteiger partial charge in [-0.1, -0.05) is 30.3 Å². The summed E-state index contributed by atoms with van der Waals surface area (Å²) < 4.78 is 9.97. The summed E-state index contributed by atoms with van der Waals surface area (Å²) in [5, 5.41) is 1.41. The number of nitrogens with zero attached hydrogens (tertiary/aromatic N) is 5. The number of anilines is 2. The minimum absolute atomic E-state index is 0.265. The Kier molecular flexibility index (Phi) is 7.07. The van der Waals surface area contributed by atoms with Crippen molar-refractivity contribution in [3.8, 4) is 16.9 Å². The maximum absolute atomic E-state index is 13.4. The van der Waals surface area contributed by atoms with E-state index in [1.54, 1.807) is 29.3 Å². The third-order valence-electron chi connectivity index (χ3n) is 5.48. The molecule has 3 aromatic rings. The first kappa shape index (κ1) is 22.8. The van der Waals surface area contributed by atoms with Gasteiger partial charge in [0.25, 0.3) is 0 Å². The summed E-state index contributed by atoms with van der Waals surface area (Å²) in [7, 11) is 2.97. The third kappa shape index (κ3) is 5.17. The number of amides is 3. The van der Waals surface area contributed by atoms with Crippen LogP contribution in [0.2, 0.25) is 0 Å². The van der Waals surface area contributed by atoms with E-state index in [0.717, 1.165) is 16.9 Å². The summed E-state index contributed by atoms with van der Waals surface area (Å²) in [6, 6.07) is 16.5. The number of methoxy groups -OCH3 is 2. The number of hydrogen-bond donors (Lipinski definition) is 1. The van der Waals surface area contributed by atoms with Gasteiger partial charge in [0.05, 0.1) is 19.9 Å². The van der Waals surface area contributed by atoms with Crippen LogP contribution in [0.3, 0.4) is 0 Å². The molecule has 0 aliphatic carbocycles. The highest BCUT2D eigenvalue weighted by Crippen LogP contribution is 2.22. The van der Waals surface area contributed by atoms with E-state index in [-0.39, 0.29) is 12.0 Å². The molecule has 0 radical (unpaired) electrons. The predicted octanol–water partition coefficient (Wildman–Crippen LogP) is 3.49. The van der Waals surface area contributed by atoms with Crippen LogP contribution in [0.4, 0.5) is 21.2 Å². The number of hydrazine groups is 1. The predicted molar refractivity (Wildman–Crippen MR) is 128 cm³/mol. The first-order valence-electron chi connectivity index (χ1n) is 10.8. The molecule has 2 aromatic carbocycles. The monoisotopic (exact) mass is 462 g/mol. The molecular weight excluding hydrogens is 436 g/mol. The average Bonchev–Trinajstić information content (AvgIpc) is 2.92. The quantitative estimate of drug-likeness (QED) is 0.580. The summed E-state index contributed by atoms with van der Waals surface area (Å²) in [6.07, 6.45) is 3.00. The van der Waals surface area contributed by atoms with Crippen LogP contribution in [-0.4, -0.2) is 72.3 Å². The highest BCUT2D eigenvalue weighted by Gasteiger charge is 2.29. The Morgan fingerprint density at radius 3 is 2.06 bits per heavy atom. The summed E-state index contributed by atoms with van der Waals surface area (Å²) in [5.41, 5.74) is 5.46. The SMILES string of the molecule is COC(=O)N1CCN(C(=O)N(Nc2ncc(-c3ccc(OC)cc3)cn2)c2ccccc2)CC1. The normalized spacial score (nSPS) is 13.2. The highest BCUT2D eigenvalue weighted by atomic mass is 16.5. The number of rotatable bonds is 5. The van der Waals surface area contributed by atoms with Gasteiger partial charge in [0.15, 0.2) is 0 Å². The van der Waals surface area contributed by atoms with Gasteiger partial charge in [0.1, 0.15) is 5.75 Å². The molecule has 0 bridgehead atoms. The Bertz CT molecular complexity index is 1100. The Labute approximate surface area is 197 Å². The van der Waals surface area contributed by atoms with Gasteiger partial charge in [0.2, 0.25) is 5.95 Å². The number of carbonyl (C=O) groups is 2. The molecule has 10 nitrogen and oxygen atoms in total. The number of piperazine rings is 1. The van der Waals surface area contributed by atoms with Crippen molar-refractivity contribution in [3.63, 3.8) is 0 Å². The van der Waals surface area contributed by atoms with Crippen LogP contribution >= 0.6 is 0 Å². The molecule has 3 amide bonds. The molecule has 1 aliphatic heterocycles. The van der Waals surface area contributed by atoms with Gasteiger partial charge in [-0.05, 0) is 29.8 Å². The third-order valence-corrected chi connectivity index (χ3v) is 5.48. The van der Waals surface area contributed by atoms with Crippen molar-refractivity contribution in [2.24, 2.45) is 0 Å². The fraction of sp³-hybridized carbons (Fsp3) is 0.250. The molecule has 0 spiro atoms. The van der Waals surface area contributed by atoms with Gasteiger partial charge < -0.3 is 19.3 Å². The van der Waals surface area contributed by atoms with E-state index >= 15 is 0 Å². The van der Waals surface area contributed by atoms with Crippen LogP contribution in [0.1, 0.15) is 0 Å². The van der Waals surface area contributed by atoms with Gasteiger partial charge in [0, 0.05) is 44.1 Å². The summed E-state index contributed by atoms with van der Waals surface area (Å²) >= 11 is 0. The zero-order valence-electron chi connectivity index (χ0n) is 19.0. The number of carbonyl (C=O) groups excluding carboxylic acids is 2. The van der Waals surface area contributed by atoms with Gasteiger partial charge in [-0.3, -0.25) is 5.43 Å². The molecule has 2 heterocycles. The van der Waals surface area contributed by atoms with E-state index in [4.69, 9.17) is 9.47 Å². The molecule has 4 rings (SSSR count). The van der Waals surface area contributed by atoms with E-state index in [9.17, 15) is 9.59 Å². The topological polar surface area (TPSA) is 100 Å². The molecule has 1 aromatic heterocycles. The van der Waals surface area contributed by atoms with Gasteiger partial charge in [-0.15, -0.1) is 0 Å². The minimum Gasteiger partial charge on any atom is -0.497 e. The molecule has 1 aliphatic rings. The average molecular weight is 463 g/mol. The molecule has 1 fully saturated rings. The molecule has 1 saturated heterocycles. The van der Waals surface area contributed by atoms with Gasteiger partial charge >= 0.3 is 12.1 Å². The minimum atomic E-state index is -0.393. The van der Waals surface area contributed by atoms with Gasteiger partial charge in [-0.2, -0.15) is 0 Å². The Balaban J connectivity index is 1.49. The number of aromatic nitrogens is 2. The zero-order valence-corrected chi connectivity index (χ0v) is 19.0. The first-order valence-corrected chi connectivity index (χ1v) is 10.8. The number of urea groups is 1. The van der Waals surface area contributed by atoms with Crippen molar-refractivity contribution in [2.45, 2.75) is 0 Å². The number of hydrogen-bond acceptors (Lipinski definition) is 7. The molecule has 34 heavy (non-hydrogen) atoms. The lowest BCUT2D eigenvalue weighted by Crippen LogP contribution is -2.55.